The first-order chi connectivity index (χ1) is 9.86. The summed E-state index contributed by atoms with van der Waals surface area (Å²) in [5, 5.41) is 0.986. The Hall–Kier alpha value is -1.55. The maximum absolute atomic E-state index is 11.4. The van der Waals surface area contributed by atoms with Crippen molar-refractivity contribution in [2.45, 2.75) is 37.4 Å². The molecule has 2 aliphatic rings. The second-order valence-corrected chi connectivity index (χ2v) is 6.50. The van der Waals surface area contributed by atoms with Crippen molar-refractivity contribution in [3.63, 3.8) is 0 Å². The van der Waals surface area contributed by atoms with Crippen LogP contribution in [0.1, 0.15) is 34.5 Å². The smallest absolute Gasteiger partial charge is 0.169 e. The van der Waals surface area contributed by atoms with Crippen molar-refractivity contribution in [3.05, 3.63) is 35.0 Å². The third kappa shape index (κ3) is 1.82. The zero-order valence-electron chi connectivity index (χ0n) is 11.3. The van der Waals surface area contributed by atoms with Crippen LogP contribution in [0.25, 0.3) is 11.3 Å². The Morgan fingerprint density at radius 3 is 2.90 bits per heavy atom. The molecule has 0 amide bonds. The molecule has 2 aromatic rings. The number of carbonyl (C=O) groups is 1. The second-order valence-electron chi connectivity index (χ2n) is 5.44. The summed E-state index contributed by atoms with van der Waals surface area (Å²) >= 11 is 1.73. The van der Waals surface area contributed by atoms with Gasteiger partial charge >= 0.3 is 0 Å². The summed E-state index contributed by atoms with van der Waals surface area (Å²) in [4.78, 5) is 16.1. The number of nitrogens with zero attached hydrogens (tertiary/aromatic N) is 2. The van der Waals surface area contributed by atoms with E-state index in [2.05, 4.69) is 23.2 Å². The molecule has 1 aromatic heterocycles. The van der Waals surface area contributed by atoms with E-state index in [0.29, 0.717) is 0 Å². The number of fused-ring (bicyclic) bond motifs is 2. The summed E-state index contributed by atoms with van der Waals surface area (Å²) in [5.41, 5.74) is 5.59. The quantitative estimate of drug-likeness (QED) is 0.793. The summed E-state index contributed by atoms with van der Waals surface area (Å²) in [6, 6.07) is 6.58. The van der Waals surface area contributed by atoms with Gasteiger partial charge in [0.15, 0.2) is 11.4 Å². The average Bonchev–Trinajstić information content (AvgIpc) is 3.07. The van der Waals surface area contributed by atoms with Crippen LogP contribution in [-0.2, 0) is 19.4 Å². The van der Waals surface area contributed by atoms with E-state index in [9.17, 15) is 4.79 Å². The minimum atomic E-state index is 0.737. The molecule has 0 saturated heterocycles. The summed E-state index contributed by atoms with van der Waals surface area (Å²) in [7, 11) is 0. The molecule has 3 nitrogen and oxygen atoms in total. The molecule has 0 unspecified atom stereocenters. The fourth-order valence-corrected chi connectivity index (χ4v) is 4.17. The number of hydrogen-bond donors (Lipinski definition) is 0. The monoisotopic (exact) mass is 284 g/mol. The molecule has 0 N–H and O–H groups in total. The highest BCUT2D eigenvalue weighted by atomic mass is 32.2. The number of rotatable bonds is 2. The van der Waals surface area contributed by atoms with Gasteiger partial charge in [0.05, 0.1) is 0 Å². The van der Waals surface area contributed by atoms with Gasteiger partial charge in [-0.15, -0.1) is 0 Å². The molecule has 20 heavy (non-hydrogen) atoms. The fourth-order valence-electron chi connectivity index (χ4n) is 3.21. The molecule has 102 valence electrons. The minimum Gasteiger partial charge on any atom is -0.315 e. The van der Waals surface area contributed by atoms with E-state index in [-0.39, 0.29) is 0 Å². The molecule has 0 saturated carbocycles. The SMILES string of the molecule is O=Cc1c(-c2ccc3c(c2)CCCC3)nc2n1CCS2. The molecule has 2 heterocycles. The summed E-state index contributed by atoms with van der Waals surface area (Å²) in [6.45, 7) is 0.895. The van der Waals surface area contributed by atoms with Crippen LogP contribution in [0, 0.1) is 0 Å². The van der Waals surface area contributed by atoms with Crippen molar-refractivity contribution in [1.29, 1.82) is 0 Å². The first kappa shape index (κ1) is 12.2. The number of hydrogen-bond acceptors (Lipinski definition) is 3. The van der Waals surface area contributed by atoms with Crippen molar-refractivity contribution in [3.8, 4) is 11.3 Å². The summed E-state index contributed by atoms with van der Waals surface area (Å²) < 4.78 is 2.05. The van der Waals surface area contributed by atoms with Gasteiger partial charge in [-0.3, -0.25) is 4.79 Å². The van der Waals surface area contributed by atoms with Crippen LogP contribution in [0.5, 0.6) is 0 Å². The Morgan fingerprint density at radius 1 is 1.20 bits per heavy atom. The molecule has 0 atom stereocenters. The third-order valence-corrected chi connectivity index (χ3v) is 5.21. The predicted octanol–water partition coefficient (Wildman–Crippen LogP) is 3.35. The Labute approximate surface area is 122 Å². The van der Waals surface area contributed by atoms with Crippen LogP contribution >= 0.6 is 11.8 Å². The average molecular weight is 284 g/mol. The van der Waals surface area contributed by atoms with Crippen LogP contribution in [0.2, 0.25) is 0 Å². The normalized spacial score (nSPS) is 16.8. The number of carbonyl (C=O) groups excluding carboxylic acids is 1. The van der Waals surface area contributed by atoms with Gasteiger partial charge in [-0.05, 0) is 42.9 Å². The number of aryl methyl sites for hydroxylation is 2. The second kappa shape index (κ2) is 4.77. The predicted molar refractivity (Wildman–Crippen MR) is 80.4 cm³/mol. The molecule has 1 aromatic carbocycles. The van der Waals surface area contributed by atoms with Gasteiger partial charge in [0.2, 0.25) is 0 Å². The molecular formula is C16H16N2OS. The topological polar surface area (TPSA) is 34.9 Å². The summed E-state index contributed by atoms with van der Waals surface area (Å²) in [6.07, 6.45) is 5.86. The van der Waals surface area contributed by atoms with Gasteiger partial charge in [-0.25, -0.2) is 4.98 Å². The van der Waals surface area contributed by atoms with Crippen molar-refractivity contribution in [1.82, 2.24) is 9.55 Å². The van der Waals surface area contributed by atoms with Gasteiger partial charge < -0.3 is 4.57 Å². The van der Waals surface area contributed by atoms with Crippen molar-refractivity contribution < 1.29 is 4.79 Å². The largest absolute Gasteiger partial charge is 0.315 e. The molecule has 1 aliphatic heterocycles. The van der Waals surface area contributed by atoms with E-state index in [0.717, 1.165) is 47.1 Å². The number of benzene rings is 1. The molecule has 0 radical (unpaired) electrons. The van der Waals surface area contributed by atoms with E-state index in [4.69, 9.17) is 0 Å². The van der Waals surface area contributed by atoms with Gasteiger partial charge in [-0.2, -0.15) is 0 Å². The molecule has 0 bridgehead atoms. The molecular weight excluding hydrogens is 268 g/mol. The maximum atomic E-state index is 11.4. The highest BCUT2D eigenvalue weighted by Gasteiger charge is 2.22. The van der Waals surface area contributed by atoms with Crippen molar-refractivity contribution >= 4 is 18.0 Å². The van der Waals surface area contributed by atoms with E-state index < -0.39 is 0 Å². The molecule has 4 rings (SSSR count). The first-order valence-electron chi connectivity index (χ1n) is 7.17. The number of imidazole rings is 1. The van der Waals surface area contributed by atoms with Gasteiger partial charge in [0.1, 0.15) is 11.4 Å². The van der Waals surface area contributed by atoms with Crippen LogP contribution in [0.4, 0.5) is 0 Å². The Kier molecular flexibility index (Phi) is 2.91. The van der Waals surface area contributed by atoms with Gasteiger partial charge in [0.25, 0.3) is 0 Å². The van der Waals surface area contributed by atoms with E-state index in [1.165, 1.54) is 30.4 Å². The van der Waals surface area contributed by atoms with Crippen LogP contribution < -0.4 is 0 Å². The molecule has 0 fully saturated rings. The lowest BCUT2D eigenvalue weighted by Gasteiger charge is -2.16. The Bertz CT molecular complexity index is 690. The zero-order chi connectivity index (χ0) is 13.5. The fraction of sp³-hybridized carbons (Fsp3) is 0.375. The summed E-state index contributed by atoms with van der Waals surface area (Å²) in [5.74, 6) is 1.02. The van der Waals surface area contributed by atoms with E-state index in [1.54, 1.807) is 11.8 Å². The lowest BCUT2D eigenvalue weighted by molar-refractivity contribution is 0.111. The minimum absolute atomic E-state index is 0.737. The Morgan fingerprint density at radius 2 is 2.05 bits per heavy atom. The lowest BCUT2D eigenvalue weighted by atomic mass is 9.90. The van der Waals surface area contributed by atoms with Crippen LogP contribution in [0.15, 0.2) is 23.4 Å². The molecule has 4 heteroatoms. The Balaban J connectivity index is 1.83. The number of aldehydes is 1. The van der Waals surface area contributed by atoms with Crippen LogP contribution in [-0.4, -0.2) is 21.6 Å². The zero-order valence-corrected chi connectivity index (χ0v) is 12.1. The van der Waals surface area contributed by atoms with E-state index in [1.807, 2.05) is 4.57 Å². The number of aromatic nitrogens is 2. The molecule has 0 spiro atoms. The standard InChI is InChI=1S/C16H16N2OS/c19-10-14-15(17-16-18(14)7-8-20-16)13-6-5-11-3-1-2-4-12(11)9-13/h5-6,9-10H,1-4,7-8H2. The lowest BCUT2D eigenvalue weighted by Crippen LogP contribution is -2.03. The maximum Gasteiger partial charge on any atom is 0.169 e. The van der Waals surface area contributed by atoms with Gasteiger partial charge in [-0.1, -0.05) is 23.9 Å². The van der Waals surface area contributed by atoms with Crippen LogP contribution in [0.3, 0.4) is 0 Å². The third-order valence-electron chi connectivity index (χ3n) is 4.25. The first-order valence-corrected chi connectivity index (χ1v) is 8.16. The van der Waals surface area contributed by atoms with E-state index >= 15 is 0 Å². The highest BCUT2D eigenvalue weighted by Crippen LogP contribution is 2.34. The van der Waals surface area contributed by atoms with Crippen molar-refractivity contribution in [2.75, 3.05) is 5.75 Å². The number of thioether (sulfide) groups is 1. The van der Waals surface area contributed by atoms with Gasteiger partial charge in [0, 0.05) is 17.9 Å². The van der Waals surface area contributed by atoms with Crippen molar-refractivity contribution in [2.24, 2.45) is 0 Å². The molecule has 1 aliphatic carbocycles. The highest BCUT2D eigenvalue weighted by molar-refractivity contribution is 7.99.